The topological polar surface area (TPSA) is 49.3 Å². The van der Waals surface area contributed by atoms with Gasteiger partial charge in [-0.15, -0.1) is 0 Å². The van der Waals surface area contributed by atoms with E-state index in [-0.39, 0.29) is 25.0 Å². The van der Waals surface area contributed by atoms with Crippen LogP contribution < -0.4 is 5.32 Å². The minimum atomic E-state index is -0.187. The normalized spacial score (nSPS) is 15.2. The smallest absolute Gasteiger partial charge is 0.251 e. The van der Waals surface area contributed by atoms with Crippen LogP contribution in [0.3, 0.4) is 0 Å². The maximum absolute atomic E-state index is 12.2. The van der Waals surface area contributed by atoms with Crippen LogP contribution in [0.2, 0.25) is 10.0 Å². The summed E-state index contributed by atoms with van der Waals surface area (Å²) in [6, 6.07) is 19.7. The molecule has 3 aromatic rings. The van der Waals surface area contributed by atoms with E-state index >= 15 is 0 Å². The molecular weight excluding hydrogens is 405 g/mol. The third kappa shape index (κ3) is 4.18. The van der Waals surface area contributed by atoms with Gasteiger partial charge in [-0.05, 0) is 64.9 Å². The molecule has 148 valence electrons. The highest BCUT2D eigenvalue weighted by Crippen LogP contribution is 2.42. The quantitative estimate of drug-likeness (QED) is 0.569. The largest absolute Gasteiger partial charge is 0.395 e. The Hall–Kier alpha value is -2.33. The lowest BCUT2D eigenvalue weighted by Crippen LogP contribution is -2.26. The van der Waals surface area contributed by atoms with Crippen LogP contribution in [0.4, 0.5) is 0 Å². The van der Waals surface area contributed by atoms with Gasteiger partial charge in [0.1, 0.15) is 0 Å². The molecular formula is C24H21Cl2NO2. The molecule has 1 amide bonds. The molecule has 29 heavy (non-hydrogen) atoms. The zero-order chi connectivity index (χ0) is 20.4. The van der Waals surface area contributed by atoms with Gasteiger partial charge in [0.05, 0.1) is 6.61 Å². The van der Waals surface area contributed by atoms with Crippen molar-refractivity contribution in [1.29, 1.82) is 0 Å². The number of aliphatic hydroxyl groups is 1. The van der Waals surface area contributed by atoms with Crippen molar-refractivity contribution in [3.63, 3.8) is 0 Å². The Kier molecular flexibility index (Phi) is 5.91. The van der Waals surface area contributed by atoms with Gasteiger partial charge in [0.15, 0.2) is 0 Å². The minimum absolute atomic E-state index is 0.0785. The lowest BCUT2D eigenvalue weighted by molar-refractivity contribution is 0.0945. The zero-order valence-corrected chi connectivity index (χ0v) is 17.3. The first-order chi connectivity index (χ1) is 14.1. The molecule has 0 aromatic heterocycles. The van der Waals surface area contributed by atoms with E-state index in [0.717, 1.165) is 29.5 Å². The van der Waals surface area contributed by atoms with Gasteiger partial charge in [-0.2, -0.15) is 0 Å². The van der Waals surface area contributed by atoms with Crippen molar-refractivity contribution in [2.75, 3.05) is 13.2 Å². The van der Waals surface area contributed by atoms with Gasteiger partial charge >= 0.3 is 0 Å². The predicted molar refractivity (Wildman–Crippen MR) is 118 cm³/mol. The van der Waals surface area contributed by atoms with Crippen molar-refractivity contribution < 1.29 is 9.90 Å². The molecule has 0 bridgehead atoms. The fourth-order valence-electron chi connectivity index (χ4n) is 4.00. The molecule has 5 heteroatoms. The number of hydrogen-bond acceptors (Lipinski definition) is 2. The fourth-order valence-corrected chi connectivity index (χ4v) is 4.54. The highest BCUT2D eigenvalue weighted by Gasteiger charge is 2.26. The van der Waals surface area contributed by atoms with Crippen molar-refractivity contribution in [1.82, 2.24) is 5.32 Å². The second-order valence-corrected chi connectivity index (χ2v) is 8.07. The first kappa shape index (κ1) is 20.0. The standard InChI is InChI=1S/C24H21Cl2NO2/c25-19-7-9-21(23(26)14-19)20-8-6-15-4-5-17(13-22(15)20)16-2-1-3-18(12-16)24(29)27-10-11-28/h1-5,7,9,12-14,20,28H,6,8,10-11H2,(H,27,29). The van der Waals surface area contributed by atoms with Crippen LogP contribution in [-0.4, -0.2) is 24.2 Å². The van der Waals surface area contributed by atoms with E-state index in [1.54, 1.807) is 12.1 Å². The third-order valence-corrected chi connectivity index (χ3v) is 5.98. The van der Waals surface area contributed by atoms with Gasteiger partial charge < -0.3 is 10.4 Å². The highest BCUT2D eigenvalue weighted by atomic mass is 35.5. The number of carbonyl (C=O) groups excluding carboxylic acids is 1. The summed E-state index contributed by atoms with van der Waals surface area (Å²) in [5.41, 5.74) is 6.34. The van der Waals surface area contributed by atoms with Crippen molar-refractivity contribution in [2.24, 2.45) is 0 Å². The molecule has 4 rings (SSSR count). The Morgan fingerprint density at radius 3 is 2.62 bits per heavy atom. The summed E-state index contributed by atoms with van der Waals surface area (Å²) in [7, 11) is 0. The molecule has 1 unspecified atom stereocenters. The van der Waals surface area contributed by atoms with E-state index in [2.05, 4.69) is 23.5 Å². The van der Waals surface area contributed by atoms with Crippen LogP contribution in [0.25, 0.3) is 11.1 Å². The molecule has 0 spiro atoms. The molecule has 0 saturated heterocycles. The monoisotopic (exact) mass is 425 g/mol. The summed E-state index contributed by atoms with van der Waals surface area (Å²) in [6.45, 7) is 0.163. The van der Waals surface area contributed by atoms with Crippen LogP contribution in [0.15, 0.2) is 60.7 Å². The Bertz CT molecular complexity index is 1060. The van der Waals surface area contributed by atoms with Gasteiger partial charge in [-0.1, -0.05) is 59.6 Å². The first-order valence-electron chi connectivity index (χ1n) is 9.64. The molecule has 0 radical (unpaired) electrons. The van der Waals surface area contributed by atoms with Crippen LogP contribution in [0.5, 0.6) is 0 Å². The lowest BCUT2D eigenvalue weighted by Gasteiger charge is -2.16. The van der Waals surface area contributed by atoms with Gasteiger partial charge in [0.25, 0.3) is 5.91 Å². The van der Waals surface area contributed by atoms with Crippen LogP contribution in [-0.2, 0) is 6.42 Å². The van der Waals surface area contributed by atoms with E-state index in [9.17, 15) is 4.79 Å². The maximum atomic E-state index is 12.2. The Morgan fingerprint density at radius 2 is 1.83 bits per heavy atom. The van der Waals surface area contributed by atoms with Crippen LogP contribution in [0, 0.1) is 0 Å². The number of aliphatic hydroxyl groups excluding tert-OH is 1. The number of amides is 1. The number of halogens is 2. The first-order valence-corrected chi connectivity index (χ1v) is 10.4. The zero-order valence-electron chi connectivity index (χ0n) is 15.8. The summed E-state index contributed by atoms with van der Waals surface area (Å²) < 4.78 is 0. The van der Waals surface area contributed by atoms with E-state index in [1.165, 1.54) is 11.1 Å². The van der Waals surface area contributed by atoms with Gasteiger partial charge in [0, 0.05) is 28.1 Å². The summed E-state index contributed by atoms with van der Waals surface area (Å²) in [4.78, 5) is 12.2. The molecule has 1 aliphatic rings. The summed E-state index contributed by atoms with van der Waals surface area (Å²) >= 11 is 12.6. The number of nitrogens with one attached hydrogen (secondary N) is 1. The number of fused-ring (bicyclic) bond motifs is 1. The van der Waals surface area contributed by atoms with Crippen LogP contribution >= 0.6 is 23.2 Å². The Labute approximate surface area is 180 Å². The molecule has 3 aromatic carbocycles. The molecule has 1 aliphatic carbocycles. The van der Waals surface area contributed by atoms with Crippen molar-refractivity contribution in [3.05, 3.63) is 93.0 Å². The number of hydrogen-bond donors (Lipinski definition) is 2. The van der Waals surface area contributed by atoms with E-state index in [1.807, 2.05) is 30.3 Å². The van der Waals surface area contributed by atoms with Crippen molar-refractivity contribution >= 4 is 29.1 Å². The second kappa shape index (κ2) is 8.58. The lowest BCUT2D eigenvalue weighted by atomic mass is 9.90. The summed E-state index contributed by atoms with van der Waals surface area (Å²) in [6.07, 6.45) is 2.03. The highest BCUT2D eigenvalue weighted by molar-refractivity contribution is 6.35. The van der Waals surface area contributed by atoms with E-state index in [4.69, 9.17) is 28.3 Å². The molecule has 0 fully saturated rings. The van der Waals surface area contributed by atoms with E-state index < -0.39 is 0 Å². The minimum Gasteiger partial charge on any atom is -0.395 e. The predicted octanol–water partition coefficient (Wildman–Crippen LogP) is 5.46. The molecule has 0 heterocycles. The molecule has 3 nitrogen and oxygen atoms in total. The van der Waals surface area contributed by atoms with E-state index in [0.29, 0.717) is 15.6 Å². The maximum Gasteiger partial charge on any atom is 0.251 e. The molecule has 1 atom stereocenters. The molecule has 2 N–H and O–H groups in total. The summed E-state index contributed by atoms with van der Waals surface area (Å²) in [5.74, 6) is 0.0543. The second-order valence-electron chi connectivity index (χ2n) is 7.23. The number of aryl methyl sites for hydroxylation is 1. The van der Waals surface area contributed by atoms with Gasteiger partial charge in [-0.25, -0.2) is 0 Å². The van der Waals surface area contributed by atoms with Crippen LogP contribution in [0.1, 0.15) is 39.4 Å². The number of benzene rings is 3. The SMILES string of the molecule is O=C(NCCO)c1cccc(-c2ccc3c(c2)C(c2ccc(Cl)cc2Cl)CC3)c1. The van der Waals surface area contributed by atoms with Gasteiger partial charge in [-0.3, -0.25) is 4.79 Å². The summed E-state index contributed by atoms with van der Waals surface area (Å²) in [5, 5.41) is 12.9. The van der Waals surface area contributed by atoms with Gasteiger partial charge in [0.2, 0.25) is 0 Å². The number of rotatable bonds is 5. The number of carbonyl (C=O) groups is 1. The average molecular weight is 426 g/mol. The molecule has 0 aliphatic heterocycles. The Balaban J connectivity index is 1.67. The molecule has 0 saturated carbocycles. The van der Waals surface area contributed by atoms with Crippen molar-refractivity contribution in [2.45, 2.75) is 18.8 Å². The Morgan fingerprint density at radius 1 is 1.00 bits per heavy atom. The van der Waals surface area contributed by atoms with Crippen molar-refractivity contribution in [3.8, 4) is 11.1 Å². The third-order valence-electron chi connectivity index (χ3n) is 5.42. The fraction of sp³-hybridized carbons (Fsp3) is 0.208. The average Bonchev–Trinajstić information content (AvgIpc) is 3.15.